The summed E-state index contributed by atoms with van der Waals surface area (Å²) in [5.74, 6) is 2.21. The zero-order valence-electron chi connectivity index (χ0n) is 16.6. The van der Waals surface area contributed by atoms with E-state index in [9.17, 15) is 13.2 Å². The van der Waals surface area contributed by atoms with E-state index < -0.39 is 12.7 Å². The van der Waals surface area contributed by atoms with Crippen molar-refractivity contribution in [3.05, 3.63) is 23.8 Å². The van der Waals surface area contributed by atoms with Crippen LogP contribution in [0, 0.1) is 5.92 Å². The van der Waals surface area contributed by atoms with Crippen molar-refractivity contribution < 1.29 is 22.6 Å². The second kappa shape index (κ2) is 10.4. The number of hydrogen-bond donors (Lipinski definition) is 2. The van der Waals surface area contributed by atoms with Gasteiger partial charge in [0, 0.05) is 26.7 Å². The Kier molecular flexibility index (Phi) is 8.22. The number of methoxy groups -OCH3 is 2. The van der Waals surface area contributed by atoms with Gasteiger partial charge in [0.1, 0.15) is 0 Å². The largest absolute Gasteiger partial charge is 0.493 e. The number of alkyl halides is 3. The summed E-state index contributed by atoms with van der Waals surface area (Å²) in [7, 11) is 4.88. The fourth-order valence-electron chi connectivity index (χ4n) is 3.30. The second-order valence-electron chi connectivity index (χ2n) is 6.82. The van der Waals surface area contributed by atoms with Crippen LogP contribution in [0.1, 0.15) is 12.0 Å². The first-order valence-electron chi connectivity index (χ1n) is 9.29. The van der Waals surface area contributed by atoms with Gasteiger partial charge in [-0.25, -0.2) is 0 Å². The Balaban J connectivity index is 1.72. The number of aliphatic imine (C=N–C) groups is 1. The minimum atomic E-state index is -4.13. The Morgan fingerprint density at radius 2 is 1.96 bits per heavy atom. The van der Waals surface area contributed by atoms with E-state index >= 15 is 0 Å². The average Bonchev–Trinajstić information content (AvgIpc) is 3.09. The Labute approximate surface area is 164 Å². The number of nitrogens with one attached hydrogen (secondary N) is 2. The fourth-order valence-corrected chi connectivity index (χ4v) is 3.30. The molecule has 1 aromatic rings. The smallest absolute Gasteiger partial charge is 0.401 e. The maximum Gasteiger partial charge on any atom is 0.401 e. The monoisotopic (exact) mass is 402 g/mol. The van der Waals surface area contributed by atoms with Gasteiger partial charge in [-0.15, -0.1) is 0 Å². The molecule has 0 amide bonds. The van der Waals surface area contributed by atoms with E-state index in [1.165, 1.54) is 4.90 Å². The molecule has 9 heteroatoms. The topological polar surface area (TPSA) is 58.1 Å². The van der Waals surface area contributed by atoms with Crippen LogP contribution in [-0.2, 0) is 6.42 Å². The van der Waals surface area contributed by atoms with Gasteiger partial charge in [0.15, 0.2) is 17.5 Å². The van der Waals surface area contributed by atoms with Gasteiger partial charge in [-0.05, 0) is 43.0 Å². The van der Waals surface area contributed by atoms with Gasteiger partial charge in [-0.1, -0.05) is 6.07 Å². The number of likely N-dealkylation sites (tertiary alicyclic amines) is 1. The number of guanidine groups is 1. The molecule has 0 bridgehead atoms. The van der Waals surface area contributed by atoms with Crippen LogP contribution in [0.25, 0.3) is 0 Å². The first kappa shape index (κ1) is 22.1. The molecular weight excluding hydrogens is 373 g/mol. The maximum absolute atomic E-state index is 12.5. The van der Waals surface area contributed by atoms with E-state index in [1.807, 2.05) is 18.2 Å². The Bertz CT molecular complexity index is 653. The third-order valence-electron chi connectivity index (χ3n) is 4.71. The van der Waals surface area contributed by atoms with Crippen LogP contribution in [0.2, 0.25) is 0 Å². The SMILES string of the molecule is CN=C(NCCc1ccc(OC)c(OC)c1)NCC1CCN(CC(F)(F)F)C1. The first-order chi connectivity index (χ1) is 13.3. The van der Waals surface area contributed by atoms with E-state index in [-0.39, 0.29) is 5.92 Å². The summed E-state index contributed by atoms with van der Waals surface area (Å²) in [6.45, 7) is 1.37. The van der Waals surface area contributed by atoms with E-state index in [1.54, 1.807) is 21.3 Å². The molecule has 0 saturated carbocycles. The van der Waals surface area contributed by atoms with E-state index in [0.29, 0.717) is 43.6 Å². The highest BCUT2D eigenvalue weighted by Crippen LogP contribution is 2.27. The van der Waals surface area contributed by atoms with Gasteiger partial charge in [-0.3, -0.25) is 9.89 Å². The lowest BCUT2D eigenvalue weighted by molar-refractivity contribution is -0.143. The van der Waals surface area contributed by atoms with Crippen LogP contribution in [-0.4, -0.2) is 71.0 Å². The standard InChI is InChI=1S/C19H29F3N4O2/c1-23-18(25-11-15-7-9-26(12-15)13-19(20,21)22)24-8-6-14-4-5-16(27-2)17(10-14)28-3/h4-5,10,15H,6-9,11-13H2,1-3H3,(H2,23,24,25). The van der Waals surface area contributed by atoms with Gasteiger partial charge in [-0.2, -0.15) is 13.2 Å². The Morgan fingerprint density at radius 1 is 1.21 bits per heavy atom. The molecular formula is C19H29F3N4O2. The lowest BCUT2D eigenvalue weighted by Gasteiger charge is -2.18. The minimum Gasteiger partial charge on any atom is -0.493 e. The first-order valence-corrected chi connectivity index (χ1v) is 9.29. The highest BCUT2D eigenvalue weighted by molar-refractivity contribution is 5.79. The molecule has 158 valence electrons. The Morgan fingerprint density at radius 3 is 2.61 bits per heavy atom. The van der Waals surface area contributed by atoms with Crippen molar-refractivity contribution >= 4 is 5.96 Å². The van der Waals surface area contributed by atoms with E-state index in [4.69, 9.17) is 9.47 Å². The number of nitrogens with zero attached hydrogens (tertiary/aromatic N) is 2. The van der Waals surface area contributed by atoms with Crippen LogP contribution >= 0.6 is 0 Å². The molecule has 1 aromatic carbocycles. The summed E-state index contributed by atoms with van der Waals surface area (Å²) < 4.78 is 47.9. The average molecular weight is 402 g/mol. The summed E-state index contributed by atoms with van der Waals surface area (Å²) in [4.78, 5) is 5.63. The normalized spacial score (nSPS) is 18.2. The number of rotatable bonds is 8. The summed E-state index contributed by atoms with van der Waals surface area (Å²) in [5, 5.41) is 6.44. The molecule has 2 rings (SSSR count). The molecule has 0 spiro atoms. The predicted molar refractivity (Wildman–Crippen MR) is 103 cm³/mol. The molecule has 1 heterocycles. The van der Waals surface area contributed by atoms with Gasteiger partial charge in [0.2, 0.25) is 0 Å². The summed E-state index contributed by atoms with van der Waals surface area (Å²) in [6, 6.07) is 5.78. The van der Waals surface area contributed by atoms with Crippen molar-refractivity contribution in [2.75, 3.05) is 54.0 Å². The van der Waals surface area contributed by atoms with Crippen LogP contribution in [0.3, 0.4) is 0 Å². The molecule has 1 fully saturated rings. The van der Waals surface area contributed by atoms with Crippen molar-refractivity contribution in [1.82, 2.24) is 15.5 Å². The molecule has 28 heavy (non-hydrogen) atoms. The van der Waals surface area contributed by atoms with E-state index in [2.05, 4.69) is 15.6 Å². The summed E-state index contributed by atoms with van der Waals surface area (Å²) >= 11 is 0. The number of benzene rings is 1. The minimum absolute atomic E-state index is 0.187. The molecule has 2 N–H and O–H groups in total. The van der Waals surface area contributed by atoms with Crippen molar-refractivity contribution in [3.8, 4) is 11.5 Å². The van der Waals surface area contributed by atoms with Gasteiger partial charge in [0.05, 0.1) is 20.8 Å². The summed E-state index contributed by atoms with van der Waals surface area (Å²) in [6.07, 6.45) is -2.61. The van der Waals surface area contributed by atoms with E-state index in [0.717, 1.165) is 18.4 Å². The van der Waals surface area contributed by atoms with Crippen molar-refractivity contribution in [2.24, 2.45) is 10.9 Å². The van der Waals surface area contributed by atoms with Crippen LogP contribution in [0.4, 0.5) is 13.2 Å². The predicted octanol–water partition coefficient (Wildman–Crippen LogP) is 2.30. The Hall–Kier alpha value is -2.16. The molecule has 1 aliphatic rings. The molecule has 1 unspecified atom stereocenters. The molecule has 1 aliphatic heterocycles. The van der Waals surface area contributed by atoms with Gasteiger partial charge in [0.25, 0.3) is 0 Å². The molecule has 6 nitrogen and oxygen atoms in total. The second-order valence-corrected chi connectivity index (χ2v) is 6.82. The number of ether oxygens (including phenoxy) is 2. The molecule has 0 aromatic heterocycles. The molecule has 1 atom stereocenters. The number of halogens is 3. The van der Waals surface area contributed by atoms with Gasteiger partial charge >= 0.3 is 6.18 Å². The van der Waals surface area contributed by atoms with Crippen LogP contribution in [0.15, 0.2) is 23.2 Å². The quantitative estimate of drug-likeness (QED) is 0.516. The molecule has 0 aliphatic carbocycles. The number of hydrogen-bond acceptors (Lipinski definition) is 4. The van der Waals surface area contributed by atoms with Crippen LogP contribution in [0.5, 0.6) is 11.5 Å². The zero-order valence-corrected chi connectivity index (χ0v) is 16.6. The molecule has 0 radical (unpaired) electrons. The zero-order chi connectivity index (χ0) is 20.6. The fraction of sp³-hybridized carbons (Fsp3) is 0.632. The lowest BCUT2D eigenvalue weighted by Crippen LogP contribution is -2.41. The lowest BCUT2D eigenvalue weighted by atomic mass is 10.1. The van der Waals surface area contributed by atoms with Gasteiger partial charge < -0.3 is 20.1 Å². The van der Waals surface area contributed by atoms with Crippen molar-refractivity contribution in [3.63, 3.8) is 0 Å². The van der Waals surface area contributed by atoms with Crippen molar-refractivity contribution in [2.45, 2.75) is 19.0 Å². The highest BCUT2D eigenvalue weighted by atomic mass is 19.4. The third-order valence-corrected chi connectivity index (χ3v) is 4.71. The van der Waals surface area contributed by atoms with Crippen LogP contribution < -0.4 is 20.1 Å². The highest BCUT2D eigenvalue weighted by Gasteiger charge is 2.34. The third kappa shape index (κ3) is 7.10. The molecule has 1 saturated heterocycles. The summed E-state index contributed by atoms with van der Waals surface area (Å²) in [5.41, 5.74) is 1.10. The van der Waals surface area contributed by atoms with Crippen molar-refractivity contribution in [1.29, 1.82) is 0 Å². The maximum atomic E-state index is 12.5.